The van der Waals surface area contributed by atoms with Gasteiger partial charge in [-0.3, -0.25) is 0 Å². The van der Waals surface area contributed by atoms with Crippen molar-refractivity contribution in [3.63, 3.8) is 0 Å². The third kappa shape index (κ3) is 2.06. The summed E-state index contributed by atoms with van der Waals surface area (Å²) in [5.74, 6) is -3.39. The Hall–Kier alpha value is -0.910. The average molecular weight is 218 g/mol. The second kappa shape index (κ2) is 3.10. The SMILES string of the molecule is Fc1nc(F)c(C(F)(F)F)cc1Cl. The van der Waals surface area contributed by atoms with Gasteiger partial charge in [0.2, 0.25) is 11.9 Å². The van der Waals surface area contributed by atoms with Crippen LogP contribution in [0.25, 0.3) is 0 Å². The monoisotopic (exact) mass is 217 g/mol. The zero-order chi connectivity index (χ0) is 10.2. The molecule has 0 fully saturated rings. The molecule has 0 saturated carbocycles. The summed E-state index contributed by atoms with van der Waals surface area (Å²) in [5.41, 5.74) is -1.68. The van der Waals surface area contributed by atoms with E-state index in [1.54, 1.807) is 0 Å². The summed E-state index contributed by atoms with van der Waals surface area (Å²) in [5, 5.41) is -0.867. The average Bonchev–Trinajstić information content (AvgIpc) is 1.94. The molecule has 0 spiro atoms. The molecule has 1 aromatic heterocycles. The highest BCUT2D eigenvalue weighted by Gasteiger charge is 2.35. The number of halogens is 6. The molecule has 7 heteroatoms. The first-order valence-corrected chi connectivity index (χ1v) is 3.29. The number of hydrogen-bond acceptors (Lipinski definition) is 1. The summed E-state index contributed by atoms with van der Waals surface area (Å²) in [7, 11) is 0. The van der Waals surface area contributed by atoms with Gasteiger partial charge in [-0.15, -0.1) is 0 Å². The fourth-order valence-electron chi connectivity index (χ4n) is 0.644. The van der Waals surface area contributed by atoms with E-state index in [0.717, 1.165) is 0 Å². The van der Waals surface area contributed by atoms with Crippen molar-refractivity contribution in [1.82, 2.24) is 4.98 Å². The van der Waals surface area contributed by atoms with E-state index in [1.165, 1.54) is 0 Å². The van der Waals surface area contributed by atoms with Crippen LogP contribution < -0.4 is 0 Å². The van der Waals surface area contributed by atoms with Crippen LogP contribution in [0.3, 0.4) is 0 Å². The molecule has 0 N–H and O–H groups in total. The van der Waals surface area contributed by atoms with E-state index in [1.807, 2.05) is 0 Å². The molecule has 0 unspecified atom stereocenters. The van der Waals surface area contributed by atoms with Gasteiger partial charge in [0.25, 0.3) is 0 Å². The van der Waals surface area contributed by atoms with Crippen molar-refractivity contribution in [2.24, 2.45) is 0 Å². The molecule has 0 aliphatic rings. The molecular weight excluding hydrogens is 217 g/mol. The summed E-state index contributed by atoms with van der Waals surface area (Å²) in [4.78, 5) is 2.35. The lowest BCUT2D eigenvalue weighted by Crippen LogP contribution is -2.10. The van der Waals surface area contributed by atoms with Crippen molar-refractivity contribution in [3.8, 4) is 0 Å². The molecule has 1 nitrogen and oxygen atoms in total. The maximum Gasteiger partial charge on any atom is 0.420 e. The Balaban J connectivity index is 3.32. The van der Waals surface area contributed by atoms with Crippen LogP contribution in [0.5, 0.6) is 0 Å². The highest BCUT2D eigenvalue weighted by atomic mass is 35.5. The van der Waals surface area contributed by atoms with E-state index < -0.39 is 28.7 Å². The van der Waals surface area contributed by atoms with Gasteiger partial charge in [-0.1, -0.05) is 11.6 Å². The molecule has 0 amide bonds. The summed E-state index contributed by atoms with van der Waals surface area (Å²) in [6, 6.07) is 0.152. The standard InChI is InChI=1S/C6HClF5N/c7-3-1-2(6(10,11)12)4(8)13-5(3)9/h1H. The Kier molecular flexibility index (Phi) is 2.42. The number of pyridine rings is 1. The minimum atomic E-state index is -4.92. The van der Waals surface area contributed by atoms with Gasteiger partial charge in [-0.05, 0) is 6.07 Å². The van der Waals surface area contributed by atoms with Gasteiger partial charge in [0.05, 0.1) is 5.02 Å². The molecule has 0 aliphatic carbocycles. The summed E-state index contributed by atoms with van der Waals surface area (Å²) < 4.78 is 60.4. The Bertz CT molecular complexity index is 335. The Labute approximate surface area is 74.1 Å². The van der Waals surface area contributed by atoms with Crippen molar-refractivity contribution in [1.29, 1.82) is 0 Å². The van der Waals surface area contributed by atoms with Crippen LogP contribution in [0.15, 0.2) is 6.07 Å². The highest BCUT2D eigenvalue weighted by Crippen LogP contribution is 2.32. The molecule has 0 saturated heterocycles. The van der Waals surface area contributed by atoms with Crippen LogP contribution in [0.1, 0.15) is 5.56 Å². The third-order valence-electron chi connectivity index (χ3n) is 1.19. The molecule has 0 atom stereocenters. The Morgan fingerprint density at radius 2 is 1.69 bits per heavy atom. The van der Waals surface area contributed by atoms with Crippen molar-refractivity contribution < 1.29 is 22.0 Å². The lowest BCUT2D eigenvalue weighted by Gasteiger charge is -2.07. The molecule has 0 aromatic carbocycles. The predicted octanol–water partition coefficient (Wildman–Crippen LogP) is 3.03. The molecule has 72 valence electrons. The number of hydrogen-bond donors (Lipinski definition) is 0. The fraction of sp³-hybridized carbons (Fsp3) is 0.167. The minimum Gasteiger partial charge on any atom is -0.189 e. The Morgan fingerprint density at radius 3 is 2.15 bits per heavy atom. The number of alkyl halides is 3. The fourth-order valence-corrected chi connectivity index (χ4v) is 0.796. The second-order valence-corrected chi connectivity index (χ2v) is 2.50. The van der Waals surface area contributed by atoms with Gasteiger partial charge in [0, 0.05) is 0 Å². The van der Waals surface area contributed by atoms with E-state index in [-0.39, 0.29) is 6.07 Å². The largest absolute Gasteiger partial charge is 0.420 e. The number of rotatable bonds is 0. The number of nitrogens with zero attached hydrogens (tertiary/aromatic N) is 1. The van der Waals surface area contributed by atoms with E-state index in [2.05, 4.69) is 4.98 Å². The van der Waals surface area contributed by atoms with E-state index in [0.29, 0.717) is 0 Å². The van der Waals surface area contributed by atoms with Crippen LogP contribution in [0.2, 0.25) is 5.02 Å². The topological polar surface area (TPSA) is 12.9 Å². The van der Waals surface area contributed by atoms with Crippen LogP contribution in [-0.2, 0) is 6.18 Å². The first kappa shape index (κ1) is 10.2. The maximum absolute atomic E-state index is 12.4. The van der Waals surface area contributed by atoms with Gasteiger partial charge in [0.1, 0.15) is 5.56 Å². The zero-order valence-corrected chi connectivity index (χ0v) is 6.55. The van der Waals surface area contributed by atoms with Gasteiger partial charge in [0.15, 0.2) is 0 Å². The molecule has 1 aromatic rings. The molecular formula is C6HClF5N. The lowest BCUT2D eigenvalue weighted by atomic mass is 10.3. The highest BCUT2D eigenvalue weighted by molar-refractivity contribution is 6.30. The normalized spacial score (nSPS) is 11.8. The smallest absolute Gasteiger partial charge is 0.189 e. The van der Waals surface area contributed by atoms with Gasteiger partial charge in [-0.2, -0.15) is 26.9 Å². The van der Waals surface area contributed by atoms with Crippen LogP contribution in [0.4, 0.5) is 22.0 Å². The summed E-state index contributed by atoms with van der Waals surface area (Å²) in [6.07, 6.45) is -4.92. The lowest BCUT2D eigenvalue weighted by molar-refractivity contribution is -0.140. The van der Waals surface area contributed by atoms with E-state index in [9.17, 15) is 22.0 Å². The minimum absolute atomic E-state index is 0.152. The van der Waals surface area contributed by atoms with Crippen LogP contribution >= 0.6 is 11.6 Å². The Morgan fingerprint density at radius 1 is 1.15 bits per heavy atom. The first-order chi connectivity index (χ1) is 5.82. The van der Waals surface area contributed by atoms with Crippen molar-refractivity contribution >= 4 is 11.6 Å². The summed E-state index contributed by atoms with van der Waals surface area (Å²) >= 11 is 4.99. The summed E-state index contributed by atoms with van der Waals surface area (Å²) in [6.45, 7) is 0. The van der Waals surface area contributed by atoms with Crippen molar-refractivity contribution in [2.75, 3.05) is 0 Å². The van der Waals surface area contributed by atoms with Crippen molar-refractivity contribution in [3.05, 3.63) is 28.5 Å². The zero-order valence-electron chi connectivity index (χ0n) is 5.79. The quantitative estimate of drug-likeness (QED) is 0.481. The molecule has 1 rings (SSSR count). The van der Waals surface area contributed by atoms with Crippen LogP contribution in [-0.4, -0.2) is 4.98 Å². The van der Waals surface area contributed by atoms with Crippen molar-refractivity contribution in [2.45, 2.75) is 6.18 Å². The molecule has 1 heterocycles. The van der Waals surface area contributed by atoms with Crippen LogP contribution in [0, 0.1) is 11.9 Å². The van der Waals surface area contributed by atoms with Gasteiger partial charge < -0.3 is 0 Å². The number of aromatic nitrogens is 1. The molecule has 0 bridgehead atoms. The second-order valence-electron chi connectivity index (χ2n) is 2.10. The van der Waals surface area contributed by atoms with Gasteiger partial charge >= 0.3 is 6.18 Å². The molecule has 0 aliphatic heterocycles. The molecule has 13 heavy (non-hydrogen) atoms. The van der Waals surface area contributed by atoms with E-state index >= 15 is 0 Å². The van der Waals surface area contributed by atoms with E-state index in [4.69, 9.17) is 11.6 Å². The molecule has 0 radical (unpaired) electrons. The van der Waals surface area contributed by atoms with Gasteiger partial charge in [-0.25, -0.2) is 0 Å². The first-order valence-electron chi connectivity index (χ1n) is 2.91. The third-order valence-corrected chi connectivity index (χ3v) is 1.46. The predicted molar refractivity (Wildman–Crippen MR) is 34.2 cm³/mol. The maximum atomic E-state index is 12.4.